The number of phenols is 1. The summed E-state index contributed by atoms with van der Waals surface area (Å²) in [7, 11) is 3.55. The number of aromatic hydroxyl groups is 1. The lowest BCUT2D eigenvalue weighted by Crippen LogP contribution is -2.52. The van der Waals surface area contributed by atoms with Gasteiger partial charge in [-0.15, -0.1) is 10.2 Å². The summed E-state index contributed by atoms with van der Waals surface area (Å²) in [6, 6.07) is 12.7. The first-order valence-corrected chi connectivity index (χ1v) is 10.7. The van der Waals surface area contributed by atoms with E-state index in [1.165, 1.54) is 0 Å². The van der Waals surface area contributed by atoms with Crippen LogP contribution in [0, 0.1) is 0 Å². The second-order valence-electron chi connectivity index (χ2n) is 8.38. The first-order chi connectivity index (χ1) is 15.5. The second-order valence-corrected chi connectivity index (χ2v) is 8.38. The van der Waals surface area contributed by atoms with E-state index in [4.69, 9.17) is 9.47 Å². The molecule has 8 heteroatoms. The average Bonchev–Trinajstić information content (AvgIpc) is 3.09. The van der Waals surface area contributed by atoms with Crippen LogP contribution < -0.4 is 9.47 Å². The summed E-state index contributed by atoms with van der Waals surface area (Å²) < 4.78 is 25.9. The van der Waals surface area contributed by atoms with Gasteiger partial charge < -0.3 is 14.6 Å². The van der Waals surface area contributed by atoms with Crippen molar-refractivity contribution in [3.05, 3.63) is 48.7 Å². The van der Waals surface area contributed by atoms with Gasteiger partial charge in [-0.3, -0.25) is 4.90 Å². The Labute approximate surface area is 185 Å². The Morgan fingerprint density at radius 3 is 2.62 bits per heavy atom. The van der Waals surface area contributed by atoms with Crippen molar-refractivity contribution in [1.29, 1.82) is 0 Å². The Morgan fingerprint density at radius 1 is 1.03 bits per heavy atom. The summed E-state index contributed by atoms with van der Waals surface area (Å²) in [5.41, 5.74) is 2.76. The average molecular weight is 436 g/mol. The highest BCUT2D eigenvalue weighted by atomic mass is 19.1. The van der Waals surface area contributed by atoms with Gasteiger partial charge >= 0.3 is 0 Å². The van der Waals surface area contributed by atoms with Gasteiger partial charge in [0.1, 0.15) is 11.9 Å². The predicted molar refractivity (Wildman–Crippen MR) is 117 cm³/mol. The highest BCUT2D eigenvalue weighted by molar-refractivity contribution is 5.74. The number of benzene rings is 1. The van der Waals surface area contributed by atoms with Crippen molar-refractivity contribution >= 4 is 0 Å². The fraction of sp³-hybridized carbons (Fsp3) is 0.375. The van der Waals surface area contributed by atoms with Crippen molar-refractivity contribution < 1.29 is 19.0 Å². The third kappa shape index (κ3) is 3.75. The number of rotatable bonds is 5. The Kier molecular flexibility index (Phi) is 5.38. The maximum absolute atomic E-state index is 14.8. The van der Waals surface area contributed by atoms with Gasteiger partial charge in [-0.25, -0.2) is 9.37 Å². The van der Waals surface area contributed by atoms with Crippen LogP contribution in [-0.2, 0) is 0 Å². The minimum absolute atomic E-state index is 0.0805. The van der Waals surface area contributed by atoms with E-state index in [1.54, 1.807) is 43.6 Å². The monoisotopic (exact) mass is 436 g/mol. The molecule has 0 aliphatic carbocycles. The number of fused-ring (bicyclic) bond motifs is 2. The zero-order valence-corrected chi connectivity index (χ0v) is 18.0. The summed E-state index contributed by atoms with van der Waals surface area (Å²) in [5.74, 6) is 0.878. The van der Waals surface area contributed by atoms with Crippen molar-refractivity contribution in [2.24, 2.45) is 0 Å². The van der Waals surface area contributed by atoms with Crippen LogP contribution in [0.15, 0.2) is 48.7 Å². The molecule has 0 spiro atoms. The number of alkyl halides is 1. The minimum Gasteiger partial charge on any atom is -0.507 e. The van der Waals surface area contributed by atoms with E-state index in [9.17, 15) is 9.50 Å². The Hall–Kier alpha value is -3.26. The number of piperidine rings is 1. The maximum atomic E-state index is 14.8. The Balaban J connectivity index is 1.32. The zero-order valence-electron chi connectivity index (χ0n) is 18.0. The van der Waals surface area contributed by atoms with Gasteiger partial charge in [0.15, 0.2) is 6.17 Å². The summed E-state index contributed by atoms with van der Waals surface area (Å²) in [5, 5.41) is 18.9. The van der Waals surface area contributed by atoms with Gasteiger partial charge in [-0.2, -0.15) is 0 Å². The zero-order chi connectivity index (χ0) is 22.2. The molecule has 32 heavy (non-hydrogen) atoms. The molecular formula is C24H25FN4O3. The molecule has 0 amide bonds. The Bertz CT molecular complexity index is 1110. The number of phenolic OH excluding ortho intramolecular Hbond substituents is 1. The van der Waals surface area contributed by atoms with E-state index in [0.717, 1.165) is 24.0 Å². The van der Waals surface area contributed by atoms with Gasteiger partial charge in [-0.1, -0.05) is 6.07 Å². The molecule has 4 heterocycles. The third-order valence-electron chi connectivity index (χ3n) is 6.59. The van der Waals surface area contributed by atoms with Crippen LogP contribution in [-0.4, -0.2) is 63.7 Å². The molecule has 0 radical (unpaired) electrons. The number of methoxy groups -OCH3 is 1. The fourth-order valence-corrected chi connectivity index (χ4v) is 4.78. The van der Waals surface area contributed by atoms with Gasteiger partial charge in [0, 0.05) is 42.4 Å². The smallest absolute Gasteiger partial charge is 0.233 e. The fourth-order valence-electron chi connectivity index (χ4n) is 4.78. The van der Waals surface area contributed by atoms with Crippen molar-refractivity contribution in [2.45, 2.75) is 43.6 Å². The Morgan fingerprint density at radius 2 is 1.88 bits per heavy atom. The molecule has 1 N–H and O–H groups in total. The number of hydrogen-bond acceptors (Lipinski definition) is 7. The molecule has 2 aliphatic rings. The number of ether oxygens (including phenoxy) is 2. The van der Waals surface area contributed by atoms with Crippen LogP contribution in [0.25, 0.3) is 22.4 Å². The summed E-state index contributed by atoms with van der Waals surface area (Å²) >= 11 is 0. The molecule has 2 fully saturated rings. The van der Waals surface area contributed by atoms with Crippen LogP contribution in [0.1, 0.15) is 19.3 Å². The summed E-state index contributed by atoms with van der Waals surface area (Å²) in [4.78, 5) is 6.23. The van der Waals surface area contributed by atoms with E-state index >= 15 is 0 Å². The SMILES string of the molecule is COc1cc(-c2ccc(-c3ccc(O[C@H]4CC5CCC([C@H]4F)N5C)nn3)c(O)c2)ccn1. The number of pyridine rings is 1. The van der Waals surface area contributed by atoms with E-state index in [-0.39, 0.29) is 11.8 Å². The number of aromatic nitrogens is 3. The van der Waals surface area contributed by atoms with E-state index < -0.39 is 12.3 Å². The summed E-state index contributed by atoms with van der Waals surface area (Å²) in [6.07, 6.45) is 2.64. The van der Waals surface area contributed by atoms with Crippen LogP contribution in [0.4, 0.5) is 4.39 Å². The van der Waals surface area contributed by atoms with Crippen molar-refractivity contribution in [1.82, 2.24) is 20.1 Å². The quantitative estimate of drug-likeness (QED) is 0.650. The standard InChI is InChI=1S/C24H25FN4O3/c1-29-16-4-7-19(29)24(25)21(13-16)32-22-8-6-18(27-28-22)17-5-3-14(11-20(17)30)15-9-10-26-23(12-15)31-2/h3,5-6,8-12,16,19,21,24,30H,4,7,13H2,1-2H3/t16?,19?,21-,24+/m0/s1. The molecule has 0 saturated carbocycles. The van der Waals surface area contributed by atoms with Crippen molar-refractivity contribution in [3.63, 3.8) is 0 Å². The molecule has 2 saturated heterocycles. The molecule has 2 aromatic heterocycles. The van der Waals surface area contributed by atoms with Gasteiger partial charge in [0.05, 0.1) is 12.8 Å². The lowest BCUT2D eigenvalue weighted by Gasteiger charge is -2.38. The highest BCUT2D eigenvalue weighted by Gasteiger charge is 2.47. The molecule has 7 nitrogen and oxygen atoms in total. The highest BCUT2D eigenvalue weighted by Crippen LogP contribution is 2.38. The normalized spacial score (nSPS) is 25.0. The lowest BCUT2D eigenvalue weighted by atomic mass is 9.98. The first-order valence-electron chi connectivity index (χ1n) is 10.7. The number of nitrogens with zero attached hydrogens (tertiary/aromatic N) is 4. The van der Waals surface area contributed by atoms with Gasteiger partial charge in [0.2, 0.25) is 11.8 Å². The van der Waals surface area contributed by atoms with E-state index in [2.05, 4.69) is 20.1 Å². The largest absolute Gasteiger partial charge is 0.507 e. The van der Waals surface area contributed by atoms with Gasteiger partial charge in [-0.05, 0) is 55.3 Å². The predicted octanol–water partition coefficient (Wildman–Crippen LogP) is 3.87. The first kappa shape index (κ1) is 20.6. The summed E-state index contributed by atoms with van der Waals surface area (Å²) in [6.45, 7) is 0. The lowest BCUT2D eigenvalue weighted by molar-refractivity contribution is -0.0134. The second kappa shape index (κ2) is 8.35. The van der Waals surface area contributed by atoms with E-state index in [1.807, 2.05) is 19.2 Å². The van der Waals surface area contributed by atoms with Crippen molar-refractivity contribution in [3.8, 4) is 39.9 Å². The van der Waals surface area contributed by atoms with E-state index in [0.29, 0.717) is 35.5 Å². The van der Waals surface area contributed by atoms with Crippen LogP contribution in [0.2, 0.25) is 0 Å². The molecule has 4 atom stereocenters. The van der Waals surface area contributed by atoms with Crippen molar-refractivity contribution in [2.75, 3.05) is 14.2 Å². The third-order valence-corrected chi connectivity index (χ3v) is 6.59. The van der Waals surface area contributed by atoms with Crippen LogP contribution in [0.3, 0.4) is 0 Å². The molecule has 166 valence electrons. The number of halogens is 1. The molecule has 2 aliphatic heterocycles. The maximum Gasteiger partial charge on any atom is 0.233 e. The molecule has 2 bridgehead atoms. The van der Waals surface area contributed by atoms with Crippen LogP contribution >= 0.6 is 0 Å². The molecule has 2 unspecified atom stereocenters. The minimum atomic E-state index is -1.04. The topological polar surface area (TPSA) is 80.6 Å². The number of hydrogen-bond donors (Lipinski definition) is 1. The molecular weight excluding hydrogens is 411 g/mol. The molecule has 1 aromatic carbocycles. The molecule has 5 rings (SSSR count). The van der Waals surface area contributed by atoms with Gasteiger partial charge in [0.25, 0.3) is 0 Å². The molecule has 3 aromatic rings. The van der Waals surface area contributed by atoms with Crippen LogP contribution in [0.5, 0.6) is 17.5 Å².